The Hall–Kier alpha value is -1.20. The third-order valence-electron chi connectivity index (χ3n) is 5.09. The third-order valence-corrected chi connectivity index (χ3v) is 5.09. The average molecular weight is 307 g/mol. The predicted octanol–water partition coefficient (Wildman–Crippen LogP) is 1.16. The standard InChI is InChI=1S/C17H29N3O2/c1-11(20-7-6-13(21)8-20)16-17(2,3)10-22-9-14(19-16)15(18)12-4-5-12/h12-13,16,19,21H,1,4-10,18H2,2-3H3/b15-14-. The van der Waals surface area contributed by atoms with Crippen LogP contribution in [0.4, 0.5) is 0 Å². The minimum absolute atomic E-state index is 0.0732. The molecule has 1 saturated carbocycles. The van der Waals surface area contributed by atoms with Crippen molar-refractivity contribution in [1.29, 1.82) is 0 Å². The van der Waals surface area contributed by atoms with Gasteiger partial charge in [0.25, 0.3) is 0 Å². The molecule has 4 N–H and O–H groups in total. The molecule has 0 aromatic carbocycles. The molecule has 0 spiro atoms. The lowest BCUT2D eigenvalue weighted by atomic mass is 9.83. The van der Waals surface area contributed by atoms with Crippen molar-refractivity contribution in [2.24, 2.45) is 17.1 Å². The molecule has 2 unspecified atom stereocenters. The Morgan fingerprint density at radius 1 is 1.41 bits per heavy atom. The molecule has 2 aliphatic heterocycles. The predicted molar refractivity (Wildman–Crippen MR) is 86.8 cm³/mol. The van der Waals surface area contributed by atoms with Crippen molar-refractivity contribution in [3.05, 3.63) is 23.7 Å². The number of β-amino-alcohol motifs (C(OH)–C–C–N with tert-alkyl or cyclic N) is 1. The van der Waals surface area contributed by atoms with E-state index in [0.717, 1.165) is 30.1 Å². The van der Waals surface area contributed by atoms with Crippen LogP contribution in [0.3, 0.4) is 0 Å². The first-order chi connectivity index (χ1) is 10.4. The molecule has 3 fully saturated rings. The summed E-state index contributed by atoms with van der Waals surface area (Å²) >= 11 is 0. The van der Waals surface area contributed by atoms with Crippen LogP contribution in [-0.2, 0) is 4.74 Å². The number of nitrogens with one attached hydrogen (secondary N) is 1. The molecule has 2 heterocycles. The van der Waals surface area contributed by atoms with E-state index in [-0.39, 0.29) is 17.6 Å². The molecular formula is C17H29N3O2. The van der Waals surface area contributed by atoms with Crippen molar-refractivity contribution in [2.45, 2.75) is 45.3 Å². The van der Waals surface area contributed by atoms with Gasteiger partial charge >= 0.3 is 0 Å². The van der Waals surface area contributed by atoms with Gasteiger partial charge < -0.3 is 25.8 Å². The van der Waals surface area contributed by atoms with Gasteiger partial charge in [0.05, 0.1) is 31.1 Å². The van der Waals surface area contributed by atoms with Gasteiger partial charge in [-0.1, -0.05) is 20.4 Å². The van der Waals surface area contributed by atoms with E-state index in [0.29, 0.717) is 25.7 Å². The Balaban J connectivity index is 1.81. The fraction of sp³-hybridized carbons (Fsp3) is 0.765. The van der Waals surface area contributed by atoms with Gasteiger partial charge in [0.2, 0.25) is 0 Å². The SMILES string of the molecule is C=C(C1N/C(=C(\N)C2CC2)COCC1(C)C)N1CCC(O)C1. The molecule has 2 atom stereocenters. The monoisotopic (exact) mass is 307 g/mol. The number of allylic oxidation sites excluding steroid dienone is 1. The number of ether oxygens (including phenoxy) is 1. The molecule has 5 heteroatoms. The lowest BCUT2D eigenvalue weighted by molar-refractivity contribution is 0.0776. The van der Waals surface area contributed by atoms with E-state index in [1.165, 1.54) is 12.8 Å². The molecule has 1 aliphatic carbocycles. The minimum atomic E-state index is -0.242. The number of hydrogen-bond acceptors (Lipinski definition) is 5. The van der Waals surface area contributed by atoms with Gasteiger partial charge in [0.1, 0.15) is 0 Å². The summed E-state index contributed by atoms with van der Waals surface area (Å²) in [5.41, 5.74) is 9.25. The maximum absolute atomic E-state index is 9.80. The largest absolute Gasteiger partial charge is 0.400 e. The van der Waals surface area contributed by atoms with E-state index in [1.54, 1.807) is 0 Å². The zero-order valence-electron chi connectivity index (χ0n) is 13.8. The van der Waals surface area contributed by atoms with Crippen LogP contribution < -0.4 is 11.1 Å². The van der Waals surface area contributed by atoms with Crippen molar-refractivity contribution in [3.63, 3.8) is 0 Å². The van der Waals surface area contributed by atoms with Crippen LogP contribution >= 0.6 is 0 Å². The molecule has 0 amide bonds. The molecule has 2 saturated heterocycles. The van der Waals surface area contributed by atoms with E-state index < -0.39 is 0 Å². The average Bonchev–Trinajstić information content (AvgIpc) is 3.24. The molecule has 3 aliphatic rings. The summed E-state index contributed by atoms with van der Waals surface area (Å²) in [6.07, 6.45) is 2.94. The van der Waals surface area contributed by atoms with Crippen LogP contribution in [0.2, 0.25) is 0 Å². The molecular weight excluding hydrogens is 278 g/mol. The van der Waals surface area contributed by atoms with Gasteiger partial charge in [0, 0.05) is 35.8 Å². The molecule has 0 bridgehead atoms. The Labute approximate surface area is 133 Å². The fourth-order valence-electron chi connectivity index (χ4n) is 3.44. The van der Waals surface area contributed by atoms with Crippen molar-refractivity contribution < 1.29 is 9.84 Å². The second-order valence-corrected chi connectivity index (χ2v) is 7.65. The highest BCUT2D eigenvalue weighted by molar-refractivity contribution is 5.23. The zero-order valence-corrected chi connectivity index (χ0v) is 13.8. The maximum atomic E-state index is 9.80. The Bertz CT molecular complexity index is 482. The summed E-state index contributed by atoms with van der Waals surface area (Å²) in [4.78, 5) is 2.19. The summed E-state index contributed by atoms with van der Waals surface area (Å²) in [6, 6.07) is 0.0765. The van der Waals surface area contributed by atoms with Crippen LogP contribution in [0, 0.1) is 11.3 Å². The number of rotatable bonds is 3. The lowest BCUT2D eigenvalue weighted by Gasteiger charge is -2.38. The van der Waals surface area contributed by atoms with Crippen LogP contribution in [-0.4, -0.2) is 48.5 Å². The number of aliphatic hydroxyl groups excluding tert-OH is 1. The van der Waals surface area contributed by atoms with E-state index >= 15 is 0 Å². The second-order valence-electron chi connectivity index (χ2n) is 7.65. The smallest absolute Gasteiger partial charge is 0.0880 e. The summed E-state index contributed by atoms with van der Waals surface area (Å²) in [5.74, 6) is 0.523. The first-order valence-corrected chi connectivity index (χ1v) is 8.33. The number of likely N-dealkylation sites (tertiary alicyclic amines) is 1. The maximum Gasteiger partial charge on any atom is 0.0880 e. The molecule has 0 aromatic heterocycles. The quantitative estimate of drug-likeness (QED) is 0.730. The van der Waals surface area contributed by atoms with Gasteiger partial charge in [-0.3, -0.25) is 0 Å². The fourth-order valence-corrected chi connectivity index (χ4v) is 3.44. The minimum Gasteiger partial charge on any atom is -0.400 e. The first kappa shape index (κ1) is 15.7. The lowest BCUT2D eigenvalue weighted by Crippen LogP contribution is -2.47. The highest BCUT2D eigenvalue weighted by Gasteiger charge is 2.39. The van der Waals surface area contributed by atoms with Crippen molar-refractivity contribution in [1.82, 2.24) is 10.2 Å². The highest BCUT2D eigenvalue weighted by Crippen LogP contribution is 2.37. The van der Waals surface area contributed by atoms with Crippen molar-refractivity contribution in [3.8, 4) is 0 Å². The second kappa shape index (κ2) is 5.78. The van der Waals surface area contributed by atoms with Gasteiger partial charge in [0.15, 0.2) is 0 Å². The molecule has 22 heavy (non-hydrogen) atoms. The highest BCUT2D eigenvalue weighted by atomic mass is 16.5. The van der Waals surface area contributed by atoms with E-state index in [2.05, 4.69) is 30.6 Å². The molecule has 3 rings (SSSR count). The molecule has 5 nitrogen and oxygen atoms in total. The van der Waals surface area contributed by atoms with Gasteiger partial charge in [-0.15, -0.1) is 0 Å². The van der Waals surface area contributed by atoms with Crippen LogP contribution in [0.1, 0.15) is 33.1 Å². The summed E-state index contributed by atoms with van der Waals surface area (Å²) in [7, 11) is 0. The van der Waals surface area contributed by atoms with Crippen molar-refractivity contribution in [2.75, 3.05) is 26.3 Å². The Kier molecular flexibility index (Phi) is 4.12. The summed E-state index contributed by atoms with van der Waals surface area (Å²) in [6.45, 7) is 11.5. The number of nitrogens with two attached hydrogens (primary N) is 1. The molecule has 0 radical (unpaired) electrons. The topological polar surface area (TPSA) is 70.8 Å². The van der Waals surface area contributed by atoms with Crippen LogP contribution in [0.15, 0.2) is 23.7 Å². The van der Waals surface area contributed by atoms with E-state index in [9.17, 15) is 5.11 Å². The van der Waals surface area contributed by atoms with Gasteiger partial charge in [-0.25, -0.2) is 0 Å². The van der Waals surface area contributed by atoms with Gasteiger partial charge in [-0.05, 0) is 19.3 Å². The van der Waals surface area contributed by atoms with E-state index in [1.807, 2.05) is 0 Å². The third kappa shape index (κ3) is 3.10. The van der Waals surface area contributed by atoms with Crippen LogP contribution in [0.5, 0.6) is 0 Å². The van der Waals surface area contributed by atoms with Gasteiger partial charge in [-0.2, -0.15) is 0 Å². The normalized spacial score (nSPS) is 34.0. The molecule has 0 aromatic rings. The summed E-state index contributed by atoms with van der Waals surface area (Å²) in [5, 5.41) is 13.4. The molecule has 124 valence electrons. The number of hydrogen-bond donors (Lipinski definition) is 3. The zero-order chi connectivity index (χ0) is 15.9. The van der Waals surface area contributed by atoms with E-state index in [4.69, 9.17) is 10.5 Å². The van der Waals surface area contributed by atoms with Crippen molar-refractivity contribution >= 4 is 0 Å². The Morgan fingerprint density at radius 2 is 2.14 bits per heavy atom. The number of aliphatic hydroxyl groups is 1. The summed E-state index contributed by atoms with van der Waals surface area (Å²) < 4.78 is 5.88. The first-order valence-electron chi connectivity index (χ1n) is 8.33. The Morgan fingerprint density at radius 3 is 2.73 bits per heavy atom. The number of nitrogens with zero attached hydrogens (tertiary/aromatic N) is 1. The van der Waals surface area contributed by atoms with Crippen LogP contribution in [0.25, 0.3) is 0 Å².